The van der Waals surface area contributed by atoms with E-state index in [9.17, 15) is 19.2 Å². The molecule has 4 rings (SSSR count). The zero-order valence-electron chi connectivity index (χ0n) is 20.1. The highest BCUT2D eigenvalue weighted by atomic mass is 16.5. The minimum atomic E-state index is -0.960. The standard InChI is InChI=1S/C25H34N4O5/c1-16-11-24(2,3)15-25(12-16)22(32)29(23(33)28-25)14-20(30)27-19-9-5-4-8-18(19)21(31)26-13-17-7-6-10-34-17/h4-5,8-9,16-17H,6-7,10-15H2,1-3H3,(H,26,31)(H,27,30)(H,28,33). The molecular formula is C25H34N4O5. The molecule has 3 atom stereocenters. The molecule has 3 N–H and O–H groups in total. The molecule has 1 saturated carbocycles. The molecule has 9 nitrogen and oxygen atoms in total. The van der Waals surface area contributed by atoms with Crippen molar-refractivity contribution in [2.24, 2.45) is 11.3 Å². The number of benzene rings is 1. The number of rotatable bonds is 6. The summed E-state index contributed by atoms with van der Waals surface area (Å²) in [6, 6.07) is 6.11. The molecule has 3 fully saturated rings. The van der Waals surface area contributed by atoms with Crippen LogP contribution in [0.25, 0.3) is 0 Å². The smallest absolute Gasteiger partial charge is 0.325 e. The van der Waals surface area contributed by atoms with E-state index in [1.165, 1.54) is 0 Å². The van der Waals surface area contributed by atoms with Gasteiger partial charge >= 0.3 is 6.03 Å². The summed E-state index contributed by atoms with van der Waals surface area (Å²) in [5.41, 5.74) is -0.412. The van der Waals surface area contributed by atoms with Gasteiger partial charge in [0.1, 0.15) is 12.1 Å². The van der Waals surface area contributed by atoms with Gasteiger partial charge in [-0.25, -0.2) is 4.79 Å². The van der Waals surface area contributed by atoms with E-state index in [0.29, 0.717) is 37.2 Å². The third kappa shape index (κ3) is 5.09. The minimum Gasteiger partial charge on any atom is -0.376 e. The number of urea groups is 1. The Morgan fingerprint density at radius 2 is 1.97 bits per heavy atom. The number of para-hydroxylation sites is 1. The van der Waals surface area contributed by atoms with Crippen molar-refractivity contribution in [2.45, 2.75) is 64.5 Å². The molecule has 9 heteroatoms. The van der Waals surface area contributed by atoms with Gasteiger partial charge in [-0.1, -0.05) is 32.9 Å². The predicted octanol–water partition coefficient (Wildman–Crippen LogP) is 2.67. The number of ether oxygens (including phenoxy) is 1. The zero-order chi connectivity index (χ0) is 24.5. The van der Waals surface area contributed by atoms with Gasteiger partial charge in [0.05, 0.1) is 17.4 Å². The summed E-state index contributed by atoms with van der Waals surface area (Å²) >= 11 is 0. The van der Waals surface area contributed by atoms with Gasteiger partial charge in [0.15, 0.2) is 0 Å². The van der Waals surface area contributed by atoms with Gasteiger partial charge in [-0.3, -0.25) is 19.3 Å². The Kier molecular flexibility index (Phi) is 6.66. The van der Waals surface area contributed by atoms with E-state index in [4.69, 9.17) is 4.74 Å². The molecule has 1 aromatic carbocycles. The molecule has 34 heavy (non-hydrogen) atoms. The van der Waals surface area contributed by atoms with E-state index >= 15 is 0 Å². The first-order valence-corrected chi connectivity index (χ1v) is 12.0. The van der Waals surface area contributed by atoms with E-state index in [1.807, 2.05) is 0 Å². The van der Waals surface area contributed by atoms with Crippen molar-refractivity contribution in [3.8, 4) is 0 Å². The highest BCUT2D eigenvalue weighted by Gasteiger charge is 2.56. The lowest BCUT2D eigenvalue weighted by molar-refractivity contribution is -0.136. The van der Waals surface area contributed by atoms with Crippen LogP contribution in [0.4, 0.5) is 10.5 Å². The first-order valence-electron chi connectivity index (χ1n) is 12.0. The zero-order valence-corrected chi connectivity index (χ0v) is 20.1. The number of carbonyl (C=O) groups is 4. The highest BCUT2D eigenvalue weighted by Crippen LogP contribution is 2.46. The fourth-order valence-electron chi connectivity index (χ4n) is 5.88. The largest absolute Gasteiger partial charge is 0.376 e. The van der Waals surface area contributed by atoms with Crippen LogP contribution in [0.1, 0.15) is 63.2 Å². The van der Waals surface area contributed by atoms with Crippen molar-refractivity contribution in [2.75, 3.05) is 25.0 Å². The van der Waals surface area contributed by atoms with E-state index in [2.05, 4.69) is 36.7 Å². The SMILES string of the molecule is CC1CC(C)(C)CC2(C1)NC(=O)N(CC(=O)Nc1ccccc1C(=O)NCC1CCCO1)C2=O. The minimum absolute atomic E-state index is 0.00481. The van der Waals surface area contributed by atoms with Gasteiger partial charge in [-0.05, 0) is 55.6 Å². The van der Waals surface area contributed by atoms with Crippen molar-refractivity contribution in [1.29, 1.82) is 0 Å². The molecule has 3 unspecified atom stereocenters. The summed E-state index contributed by atoms with van der Waals surface area (Å²) in [5, 5.41) is 8.43. The third-order valence-corrected chi connectivity index (χ3v) is 6.89. The molecule has 2 heterocycles. The van der Waals surface area contributed by atoms with Crippen LogP contribution < -0.4 is 16.0 Å². The fourth-order valence-corrected chi connectivity index (χ4v) is 5.88. The summed E-state index contributed by atoms with van der Waals surface area (Å²) in [4.78, 5) is 52.5. The van der Waals surface area contributed by atoms with Crippen molar-refractivity contribution in [1.82, 2.24) is 15.5 Å². The average molecular weight is 471 g/mol. The first kappa shape index (κ1) is 24.2. The number of nitrogens with one attached hydrogen (secondary N) is 3. The normalized spacial score (nSPS) is 28.1. The van der Waals surface area contributed by atoms with Gasteiger partial charge in [0.2, 0.25) is 5.91 Å². The molecule has 0 aromatic heterocycles. The second-order valence-corrected chi connectivity index (χ2v) is 10.7. The summed E-state index contributed by atoms with van der Waals surface area (Å²) in [6.45, 7) is 6.97. The topological polar surface area (TPSA) is 117 Å². The quantitative estimate of drug-likeness (QED) is 0.553. The van der Waals surface area contributed by atoms with Gasteiger partial charge in [-0.15, -0.1) is 0 Å². The monoisotopic (exact) mass is 470 g/mol. The van der Waals surface area contributed by atoms with Crippen molar-refractivity contribution >= 4 is 29.4 Å². The van der Waals surface area contributed by atoms with E-state index in [0.717, 1.165) is 24.2 Å². The fraction of sp³-hybridized carbons (Fsp3) is 0.600. The molecule has 5 amide bonds. The van der Waals surface area contributed by atoms with Crippen LogP contribution >= 0.6 is 0 Å². The Labute approximate surface area is 200 Å². The molecule has 0 radical (unpaired) electrons. The second kappa shape index (κ2) is 9.37. The van der Waals surface area contributed by atoms with Crippen LogP contribution in [0.3, 0.4) is 0 Å². The third-order valence-electron chi connectivity index (χ3n) is 6.89. The Morgan fingerprint density at radius 1 is 1.21 bits per heavy atom. The summed E-state index contributed by atoms with van der Waals surface area (Å²) in [5.74, 6) is -0.932. The lowest BCUT2D eigenvalue weighted by atomic mass is 9.64. The Hall–Kier alpha value is -2.94. The Balaban J connectivity index is 1.41. The van der Waals surface area contributed by atoms with Gasteiger partial charge in [0, 0.05) is 13.2 Å². The maximum absolute atomic E-state index is 13.3. The lowest BCUT2D eigenvalue weighted by Crippen LogP contribution is -2.54. The molecule has 1 aliphatic carbocycles. The number of hydrogen-bond acceptors (Lipinski definition) is 5. The molecule has 184 valence electrons. The van der Waals surface area contributed by atoms with Crippen LogP contribution in [0.15, 0.2) is 24.3 Å². The Bertz CT molecular complexity index is 987. The number of hydrogen-bond donors (Lipinski definition) is 3. The number of anilines is 1. The molecule has 2 aliphatic heterocycles. The van der Waals surface area contributed by atoms with Gasteiger partial charge < -0.3 is 20.7 Å². The first-order chi connectivity index (χ1) is 16.1. The van der Waals surface area contributed by atoms with Crippen LogP contribution in [-0.2, 0) is 14.3 Å². The Morgan fingerprint density at radius 3 is 2.68 bits per heavy atom. The summed E-state index contributed by atoms with van der Waals surface area (Å²) < 4.78 is 5.54. The van der Waals surface area contributed by atoms with Crippen LogP contribution in [0, 0.1) is 11.3 Å². The lowest BCUT2D eigenvalue weighted by Gasteiger charge is -2.43. The van der Waals surface area contributed by atoms with E-state index < -0.39 is 24.0 Å². The van der Waals surface area contributed by atoms with Crippen LogP contribution in [0.5, 0.6) is 0 Å². The van der Waals surface area contributed by atoms with E-state index in [-0.39, 0.29) is 29.3 Å². The molecule has 1 aromatic rings. The maximum Gasteiger partial charge on any atom is 0.325 e. The number of nitrogens with zero attached hydrogens (tertiary/aromatic N) is 1. The summed E-state index contributed by atoms with van der Waals surface area (Å²) in [6.07, 6.45) is 3.97. The van der Waals surface area contributed by atoms with Crippen LogP contribution in [-0.4, -0.2) is 60.0 Å². The van der Waals surface area contributed by atoms with E-state index in [1.54, 1.807) is 24.3 Å². The molecule has 1 spiro atoms. The van der Waals surface area contributed by atoms with Crippen molar-refractivity contribution in [3.05, 3.63) is 29.8 Å². The van der Waals surface area contributed by atoms with Gasteiger partial charge in [0.25, 0.3) is 11.8 Å². The van der Waals surface area contributed by atoms with Crippen LogP contribution in [0.2, 0.25) is 0 Å². The average Bonchev–Trinajstić information content (AvgIpc) is 3.34. The maximum atomic E-state index is 13.3. The summed E-state index contributed by atoms with van der Waals surface area (Å²) in [7, 11) is 0. The molecule has 2 saturated heterocycles. The van der Waals surface area contributed by atoms with Crippen molar-refractivity contribution < 1.29 is 23.9 Å². The second-order valence-electron chi connectivity index (χ2n) is 10.7. The highest BCUT2D eigenvalue weighted by molar-refractivity contribution is 6.11. The van der Waals surface area contributed by atoms with Crippen molar-refractivity contribution in [3.63, 3.8) is 0 Å². The molecule has 3 aliphatic rings. The number of imide groups is 1. The van der Waals surface area contributed by atoms with Gasteiger partial charge in [-0.2, -0.15) is 0 Å². The predicted molar refractivity (Wildman–Crippen MR) is 126 cm³/mol. The number of amides is 5. The molecule has 0 bridgehead atoms. The number of carbonyl (C=O) groups excluding carboxylic acids is 4. The molecular weight excluding hydrogens is 436 g/mol.